The lowest BCUT2D eigenvalue weighted by Gasteiger charge is -2.39. The number of carbonyl (C=O) groups excluding carboxylic acids is 1. The molecule has 3 saturated heterocycles. The van der Waals surface area contributed by atoms with Gasteiger partial charge < -0.3 is 19.5 Å². The van der Waals surface area contributed by atoms with Crippen LogP contribution in [0.3, 0.4) is 0 Å². The third-order valence-corrected chi connectivity index (χ3v) is 7.32. The number of hydrogen-bond acceptors (Lipinski definition) is 4. The van der Waals surface area contributed by atoms with Gasteiger partial charge in [0.05, 0.1) is 13.2 Å². The van der Waals surface area contributed by atoms with Crippen molar-refractivity contribution in [3.05, 3.63) is 36.0 Å². The lowest BCUT2D eigenvalue weighted by Crippen LogP contribution is -2.44. The van der Waals surface area contributed by atoms with E-state index in [0.717, 1.165) is 81.9 Å². The predicted octanol–water partition coefficient (Wildman–Crippen LogP) is 2.43. The molecule has 4 heterocycles. The summed E-state index contributed by atoms with van der Waals surface area (Å²) in [6, 6.07) is 10.7. The Bertz CT molecular complexity index is 832. The highest BCUT2D eigenvalue weighted by atomic mass is 16.5. The molecule has 0 bridgehead atoms. The van der Waals surface area contributed by atoms with E-state index in [4.69, 9.17) is 4.74 Å². The Kier molecular flexibility index (Phi) is 5.10. The summed E-state index contributed by atoms with van der Waals surface area (Å²) in [5, 5.41) is 1.10. The van der Waals surface area contributed by atoms with Crippen molar-refractivity contribution in [3.8, 4) is 0 Å². The lowest BCUT2D eigenvalue weighted by atomic mass is 9.76. The zero-order valence-corrected chi connectivity index (χ0v) is 17.4. The fraction of sp³-hybridized carbons (Fsp3) is 0.609. The summed E-state index contributed by atoms with van der Waals surface area (Å²) in [6.07, 6.45) is 3.49. The van der Waals surface area contributed by atoms with Crippen LogP contribution in [-0.2, 0) is 4.74 Å². The molecule has 6 nitrogen and oxygen atoms in total. The zero-order valence-electron chi connectivity index (χ0n) is 17.4. The van der Waals surface area contributed by atoms with Crippen molar-refractivity contribution in [1.29, 1.82) is 0 Å². The van der Waals surface area contributed by atoms with E-state index < -0.39 is 0 Å². The molecule has 0 saturated carbocycles. The van der Waals surface area contributed by atoms with Gasteiger partial charge in [-0.15, -0.1) is 0 Å². The van der Waals surface area contributed by atoms with Gasteiger partial charge in [0.1, 0.15) is 5.69 Å². The van der Waals surface area contributed by atoms with Crippen LogP contribution in [0.15, 0.2) is 30.3 Å². The SMILES string of the molecule is CN1CC2(CCN(C(=O)c3cc4ccccc4[nH]3)CC2)CC1CN1CCOCC1. The monoisotopic (exact) mass is 396 g/mol. The summed E-state index contributed by atoms with van der Waals surface area (Å²) in [7, 11) is 2.28. The molecular formula is C23H32N4O2. The molecular weight excluding hydrogens is 364 g/mol. The number of aromatic nitrogens is 1. The number of fused-ring (bicyclic) bond motifs is 1. The Morgan fingerprint density at radius 1 is 1.17 bits per heavy atom. The molecule has 1 N–H and O–H groups in total. The molecule has 29 heavy (non-hydrogen) atoms. The number of aromatic amines is 1. The molecule has 156 valence electrons. The van der Waals surface area contributed by atoms with E-state index in [2.05, 4.69) is 27.9 Å². The van der Waals surface area contributed by atoms with E-state index in [1.807, 2.05) is 29.2 Å². The first kappa shape index (κ1) is 19.1. The second kappa shape index (κ2) is 7.74. The second-order valence-corrected chi connectivity index (χ2v) is 9.25. The molecule has 1 atom stereocenters. The van der Waals surface area contributed by atoms with Crippen LogP contribution in [0.2, 0.25) is 0 Å². The molecule has 1 unspecified atom stereocenters. The molecule has 0 radical (unpaired) electrons. The van der Waals surface area contributed by atoms with Gasteiger partial charge in [0, 0.05) is 56.2 Å². The second-order valence-electron chi connectivity index (χ2n) is 9.25. The summed E-state index contributed by atoms with van der Waals surface area (Å²) in [5.41, 5.74) is 2.13. The highest BCUT2D eigenvalue weighted by Gasteiger charge is 2.45. The highest BCUT2D eigenvalue weighted by molar-refractivity contribution is 5.98. The number of para-hydroxylation sites is 1. The van der Waals surface area contributed by atoms with Crippen molar-refractivity contribution >= 4 is 16.8 Å². The van der Waals surface area contributed by atoms with E-state index in [0.29, 0.717) is 11.5 Å². The van der Waals surface area contributed by atoms with Gasteiger partial charge in [-0.2, -0.15) is 0 Å². The Labute approximate surface area is 172 Å². The van der Waals surface area contributed by atoms with Crippen LogP contribution in [0.5, 0.6) is 0 Å². The average Bonchev–Trinajstić information content (AvgIpc) is 3.30. The van der Waals surface area contributed by atoms with Crippen LogP contribution in [0.4, 0.5) is 0 Å². The molecule has 1 amide bonds. The normalized spacial score (nSPS) is 25.8. The maximum atomic E-state index is 13.0. The van der Waals surface area contributed by atoms with Crippen LogP contribution in [0.25, 0.3) is 10.9 Å². The van der Waals surface area contributed by atoms with Gasteiger partial charge in [-0.3, -0.25) is 9.69 Å². The summed E-state index contributed by atoms with van der Waals surface area (Å²) < 4.78 is 5.50. The van der Waals surface area contributed by atoms with Crippen molar-refractivity contribution in [1.82, 2.24) is 19.7 Å². The summed E-state index contributed by atoms with van der Waals surface area (Å²) in [4.78, 5) is 23.5. The van der Waals surface area contributed by atoms with Gasteiger partial charge in [-0.25, -0.2) is 0 Å². The quantitative estimate of drug-likeness (QED) is 0.866. The zero-order chi connectivity index (χ0) is 19.8. The molecule has 3 fully saturated rings. The smallest absolute Gasteiger partial charge is 0.270 e. The summed E-state index contributed by atoms with van der Waals surface area (Å²) >= 11 is 0. The Morgan fingerprint density at radius 2 is 1.93 bits per heavy atom. The highest BCUT2D eigenvalue weighted by Crippen LogP contribution is 2.43. The minimum atomic E-state index is 0.146. The number of nitrogens with zero attached hydrogens (tertiary/aromatic N) is 3. The van der Waals surface area contributed by atoms with Crippen molar-refractivity contribution in [2.75, 3.05) is 59.5 Å². The van der Waals surface area contributed by atoms with E-state index in [1.165, 1.54) is 6.42 Å². The molecule has 1 aromatic carbocycles. The largest absolute Gasteiger partial charge is 0.379 e. The standard InChI is InChI=1S/C23H32N4O2/c1-25-17-23(15-19(25)16-26-10-12-29-13-11-26)6-8-27(9-7-23)22(28)21-14-18-4-2-3-5-20(18)24-21/h2-5,14,19,24H,6-13,15-17H2,1H3. The van der Waals surface area contributed by atoms with Crippen LogP contribution >= 0.6 is 0 Å². The average molecular weight is 397 g/mol. The Morgan fingerprint density at radius 3 is 2.69 bits per heavy atom. The van der Waals surface area contributed by atoms with E-state index in [9.17, 15) is 4.79 Å². The van der Waals surface area contributed by atoms with Crippen molar-refractivity contribution in [3.63, 3.8) is 0 Å². The number of piperidine rings is 1. The van der Waals surface area contributed by atoms with E-state index in [-0.39, 0.29) is 5.91 Å². The number of hydrogen-bond donors (Lipinski definition) is 1. The molecule has 5 rings (SSSR count). The van der Waals surface area contributed by atoms with Crippen molar-refractivity contribution < 1.29 is 9.53 Å². The van der Waals surface area contributed by atoms with Crippen molar-refractivity contribution in [2.45, 2.75) is 25.3 Å². The molecule has 3 aliphatic rings. The van der Waals surface area contributed by atoms with E-state index >= 15 is 0 Å². The number of H-pyrrole nitrogens is 1. The van der Waals surface area contributed by atoms with Gasteiger partial charge in [-0.05, 0) is 43.9 Å². The molecule has 0 aliphatic carbocycles. The number of ether oxygens (including phenoxy) is 1. The van der Waals surface area contributed by atoms with E-state index in [1.54, 1.807) is 0 Å². The van der Waals surface area contributed by atoms with Crippen LogP contribution < -0.4 is 0 Å². The fourth-order valence-corrected chi connectivity index (χ4v) is 5.57. The first-order valence-corrected chi connectivity index (χ1v) is 11.0. The topological polar surface area (TPSA) is 51.8 Å². The first-order chi connectivity index (χ1) is 14.1. The molecule has 2 aromatic rings. The first-order valence-electron chi connectivity index (χ1n) is 11.0. The third kappa shape index (κ3) is 3.81. The van der Waals surface area contributed by atoms with Gasteiger partial charge in [0.15, 0.2) is 0 Å². The number of likely N-dealkylation sites (tertiary alicyclic amines) is 2. The van der Waals surface area contributed by atoms with Gasteiger partial charge in [0.25, 0.3) is 5.91 Å². The van der Waals surface area contributed by atoms with Crippen LogP contribution in [0, 0.1) is 5.41 Å². The number of likely N-dealkylation sites (N-methyl/N-ethyl adjacent to an activating group) is 1. The maximum Gasteiger partial charge on any atom is 0.270 e. The van der Waals surface area contributed by atoms with Crippen molar-refractivity contribution in [2.24, 2.45) is 5.41 Å². The van der Waals surface area contributed by atoms with Gasteiger partial charge in [0.2, 0.25) is 0 Å². The Hall–Kier alpha value is -1.89. The molecule has 6 heteroatoms. The number of morpholine rings is 1. The lowest BCUT2D eigenvalue weighted by molar-refractivity contribution is 0.0283. The third-order valence-electron chi connectivity index (χ3n) is 7.32. The molecule has 3 aliphatic heterocycles. The summed E-state index contributed by atoms with van der Waals surface area (Å²) in [6.45, 7) is 7.90. The van der Waals surface area contributed by atoms with Crippen LogP contribution in [0.1, 0.15) is 29.8 Å². The number of nitrogens with one attached hydrogen (secondary N) is 1. The van der Waals surface area contributed by atoms with Gasteiger partial charge >= 0.3 is 0 Å². The molecule has 1 spiro atoms. The fourth-order valence-electron chi connectivity index (χ4n) is 5.57. The predicted molar refractivity (Wildman–Crippen MR) is 114 cm³/mol. The van der Waals surface area contributed by atoms with Crippen LogP contribution in [-0.4, -0.2) is 91.2 Å². The molecule has 1 aromatic heterocycles. The van der Waals surface area contributed by atoms with Gasteiger partial charge in [-0.1, -0.05) is 18.2 Å². The number of carbonyl (C=O) groups is 1. The number of benzene rings is 1. The number of amides is 1. The Balaban J connectivity index is 1.20. The minimum Gasteiger partial charge on any atom is -0.379 e. The number of rotatable bonds is 3. The minimum absolute atomic E-state index is 0.146. The maximum absolute atomic E-state index is 13.0. The summed E-state index contributed by atoms with van der Waals surface area (Å²) in [5.74, 6) is 0.146.